The average molecular weight is 332 g/mol. The summed E-state index contributed by atoms with van der Waals surface area (Å²) in [6.45, 7) is 6.37. The van der Waals surface area contributed by atoms with E-state index in [9.17, 15) is 0 Å². The molecule has 1 nitrogen and oxygen atoms in total. The molecule has 1 aromatic carbocycles. The van der Waals surface area contributed by atoms with Gasteiger partial charge in [-0.15, -0.1) is 0 Å². The van der Waals surface area contributed by atoms with Crippen molar-refractivity contribution in [3.05, 3.63) is 42.8 Å². The molecule has 0 bridgehead atoms. The van der Waals surface area contributed by atoms with E-state index >= 15 is 0 Å². The van der Waals surface area contributed by atoms with Gasteiger partial charge in [-0.25, -0.2) is 0 Å². The molecule has 0 fully saturated rings. The number of hydrogen-bond acceptors (Lipinski definition) is 1. The Morgan fingerprint density at radius 3 is 2.25 bits per heavy atom. The molecule has 0 saturated heterocycles. The first-order valence-electron chi connectivity index (χ1n) is 3.97. The van der Waals surface area contributed by atoms with Crippen molar-refractivity contribution >= 4 is 0 Å². The van der Waals surface area contributed by atoms with Crippen LogP contribution in [0.25, 0.3) is 0 Å². The van der Waals surface area contributed by atoms with Crippen molar-refractivity contribution in [1.29, 1.82) is 0 Å². The third-order valence-electron chi connectivity index (χ3n) is 1.09. The molecular formula is C10H14NW-. The van der Waals surface area contributed by atoms with Crippen molar-refractivity contribution in [1.82, 2.24) is 0 Å². The molecule has 0 N–H and O–H groups in total. The van der Waals surface area contributed by atoms with Crippen LogP contribution >= 0.6 is 0 Å². The summed E-state index contributed by atoms with van der Waals surface area (Å²) in [6, 6.07) is 10.3. The second-order valence-corrected chi connectivity index (χ2v) is 3.20. The predicted octanol–water partition coefficient (Wildman–Crippen LogP) is 3.15. The van der Waals surface area contributed by atoms with Crippen molar-refractivity contribution in [3.8, 4) is 0 Å². The quantitative estimate of drug-likeness (QED) is 0.738. The molecule has 12 heavy (non-hydrogen) atoms. The summed E-state index contributed by atoms with van der Waals surface area (Å²) in [6.07, 6.45) is 1.00. The van der Waals surface area contributed by atoms with E-state index in [1.165, 1.54) is 25.2 Å². The summed E-state index contributed by atoms with van der Waals surface area (Å²) in [5.74, 6) is 0. The van der Waals surface area contributed by atoms with E-state index in [1.54, 1.807) is 0 Å². The summed E-state index contributed by atoms with van der Waals surface area (Å²) in [7, 11) is 0. The second kappa shape index (κ2) is 8.80. The topological polar surface area (TPSA) is 12.4 Å². The van der Waals surface area contributed by atoms with Crippen molar-refractivity contribution < 1.29 is 19.6 Å². The summed E-state index contributed by atoms with van der Waals surface area (Å²) >= 11 is 1.30. The van der Waals surface area contributed by atoms with Crippen molar-refractivity contribution in [2.75, 3.05) is 0 Å². The molecule has 1 aromatic rings. The van der Waals surface area contributed by atoms with Crippen molar-refractivity contribution in [2.24, 2.45) is 3.50 Å². The Balaban J connectivity index is 0.000000354. The maximum atomic E-state index is 4.09. The molecule has 2 heteroatoms. The van der Waals surface area contributed by atoms with Gasteiger partial charge in [0, 0.05) is 0 Å². The van der Waals surface area contributed by atoms with Crippen LogP contribution in [-0.4, -0.2) is 0 Å². The van der Waals surface area contributed by atoms with Gasteiger partial charge in [0.15, 0.2) is 0 Å². The van der Waals surface area contributed by atoms with E-state index in [-0.39, 0.29) is 0 Å². The van der Waals surface area contributed by atoms with Crippen LogP contribution < -0.4 is 0 Å². The fraction of sp³-hybridized carbons (Fsp3) is 0.300. The SMILES string of the molecule is [CH2-]CC.[W]=[N]Cc1ccccc1. The van der Waals surface area contributed by atoms with Gasteiger partial charge in [-0.1, -0.05) is 6.92 Å². The number of benzene rings is 1. The Morgan fingerprint density at radius 2 is 1.83 bits per heavy atom. The first-order valence-corrected chi connectivity index (χ1v) is 5.28. The molecule has 0 amide bonds. The molecular weight excluding hydrogens is 318 g/mol. The van der Waals surface area contributed by atoms with Crippen molar-refractivity contribution in [3.63, 3.8) is 0 Å². The van der Waals surface area contributed by atoms with Crippen LogP contribution in [0.3, 0.4) is 0 Å². The zero-order valence-electron chi connectivity index (χ0n) is 7.36. The van der Waals surface area contributed by atoms with Crippen LogP contribution in [0.1, 0.15) is 18.9 Å². The third-order valence-corrected chi connectivity index (χ3v) is 1.55. The molecule has 0 unspecified atom stereocenters. The second-order valence-electron chi connectivity index (χ2n) is 2.27. The first kappa shape index (κ1) is 11.7. The van der Waals surface area contributed by atoms with E-state index in [4.69, 9.17) is 0 Å². The fourth-order valence-corrected chi connectivity index (χ4v) is 1.19. The zero-order valence-corrected chi connectivity index (χ0v) is 10.3. The molecule has 0 saturated carbocycles. The van der Waals surface area contributed by atoms with Gasteiger partial charge in [-0.2, -0.15) is 6.42 Å². The van der Waals surface area contributed by atoms with Gasteiger partial charge in [-0.3, -0.25) is 0 Å². The molecule has 0 aromatic heterocycles. The van der Waals surface area contributed by atoms with Crippen LogP contribution in [0.5, 0.6) is 0 Å². The van der Waals surface area contributed by atoms with E-state index in [1.807, 2.05) is 25.1 Å². The van der Waals surface area contributed by atoms with Crippen LogP contribution in [0.4, 0.5) is 0 Å². The van der Waals surface area contributed by atoms with Gasteiger partial charge in [0.1, 0.15) is 0 Å². The monoisotopic (exact) mass is 332 g/mol. The third kappa shape index (κ3) is 6.42. The maximum absolute atomic E-state index is 4.09. The van der Waals surface area contributed by atoms with Gasteiger partial charge < -0.3 is 6.92 Å². The molecule has 0 heterocycles. The molecule has 0 spiro atoms. The minimum absolute atomic E-state index is 0.871. The molecule has 0 aliphatic heterocycles. The Labute approximate surface area is 86.0 Å². The predicted molar refractivity (Wildman–Crippen MR) is 48.2 cm³/mol. The summed E-state index contributed by atoms with van der Waals surface area (Å²) < 4.78 is 4.09. The molecule has 66 valence electrons. The summed E-state index contributed by atoms with van der Waals surface area (Å²) in [4.78, 5) is 0. The molecule has 0 aliphatic carbocycles. The molecule has 0 atom stereocenters. The number of rotatable bonds is 2. The zero-order chi connectivity index (χ0) is 9.23. The van der Waals surface area contributed by atoms with Gasteiger partial charge in [-0.05, 0) is 0 Å². The number of nitrogens with zero attached hydrogens (tertiary/aromatic N) is 1. The Kier molecular flexibility index (Phi) is 8.59. The summed E-state index contributed by atoms with van der Waals surface area (Å²) in [5, 5.41) is 0. The van der Waals surface area contributed by atoms with Crippen LogP contribution in [0.15, 0.2) is 33.8 Å². The normalized spacial score (nSPS) is 8.17. The minimum atomic E-state index is 0.871. The van der Waals surface area contributed by atoms with Crippen LogP contribution in [0.2, 0.25) is 0 Å². The standard InChI is InChI=1S/C7H7N.C3H7.W/c8-6-7-4-2-1-3-5-7;1-3-2;/h1-5H,6H2;1,3H2,2H3;/q;-1;. The molecule has 1 rings (SSSR count). The van der Waals surface area contributed by atoms with E-state index in [0.717, 1.165) is 13.0 Å². The Bertz CT molecular complexity index is 196. The van der Waals surface area contributed by atoms with Gasteiger partial charge in [0.25, 0.3) is 0 Å². The molecule has 0 aliphatic rings. The van der Waals surface area contributed by atoms with Gasteiger partial charge >= 0.3 is 65.6 Å². The fourth-order valence-electron chi connectivity index (χ4n) is 0.658. The van der Waals surface area contributed by atoms with E-state index in [2.05, 4.69) is 22.6 Å². The Morgan fingerprint density at radius 1 is 1.33 bits per heavy atom. The average Bonchev–Trinajstić information content (AvgIpc) is 2.08. The molecule has 0 radical (unpaired) electrons. The Hall–Kier alpha value is -0.292. The van der Waals surface area contributed by atoms with E-state index in [0.29, 0.717) is 0 Å². The van der Waals surface area contributed by atoms with Crippen molar-refractivity contribution in [2.45, 2.75) is 19.9 Å². The van der Waals surface area contributed by atoms with Crippen LogP contribution in [0, 0.1) is 6.92 Å². The first-order chi connectivity index (χ1) is 5.85. The van der Waals surface area contributed by atoms with E-state index < -0.39 is 0 Å². The van der Waals surface area contributed by atoms with Gasteiger partial charge in [0.05, 0.1) is 0 Å². The van der Waals surface area contributed by atoms with Crippen LogP contribution in [-0.2, 0) is 26.2 Å². The summed E-state index contributed by atoms with van der Waals surface area (Å²) in [5.41, 5.74) is 1.30. The van der Waals surface area contributed by atoms with Gasteiger partial charge in [0.2, 0.25) is 0 Å². The number of hydrogen-bond donors (Lipinski definition) is 0.